The highest BCUT2D eigenvalue weighted by molar-refractivity contribution is 7.98. The summed E-state index contributed by atoms with van der Waals surface area (Å²) in [4.78, 5) is 25.2. The van der Waals surface area contributed by atoms with E-state index in [0.29, 0.717) is 11.8 Å². The van der Waals surface area contributed by atoms with Crippen LogP contribution < -0.4 is 4.90 Å². The van der Waals surface area contributed by atoms with E-state index in [1.54, 1.807) is 11.8 Å². The van der Waals surface area contributed by atoms with Crippen molar-refractivity contribution in [3.05, 3.63) is 11.8 Å². The van der Waals surface area contributed by atoms with E-state index in [2.05, 4.69) is 14.9 Å². The number of hydrogen-bond acceptors (Lipinski definition) is 5. The predicted molar refractivity (Wildman–Crippen MR) is 80.1 cm³/mol. The van der Waals surface area contributed by atoms with Gasteiger partial charge in [0.1, 0.15) is 5.82 Å². The molecule has 0 radical (unpaired) electrons. The van der Waals surface area contributed by atoms with Crippen molar-refractivity contribution >= 4 is 23.5 Å². The zero-order chi connectivity index (χ0) is 14.1. The topological polar surface area (TPSA) is 49.3 Å². The Bertz CT molecular complexity index is 510. The van der Waals surface area contributed by atoms with Crippen molar-refractivity contribution in [1.82, 2.24) is 14.9 Å². The summed E-state index contributed by atoms with van der Waals surface area (Å²) >= 11 is 1.56. The number of amides is 1. The van der Waals surface area contributed by atoms with E-state index in [4.69, 9.17) is 0 Å². The van der Waals surface area contributed by atoms with Gasteiger partial charge in [0.15, 0.2) is 5.16 Å². The number of piperazine rings is 1. The van der Waals surface area contributed by atoms with Crippen molar-refractivity contribution in [2.24, 2.45) is 5.92 Å². The van der Waals surface area contributed by atoms with Gasteiger partial charge in [-0.25, -0.2) is 9.97 Å². The van der Waals surface area contributed by atoms with Crippen molar-refractivity contribution in [3.8, 4) is 0 Å². The van der Waals surface area contributed by atoms with Crippen LogP contribution in [0.25, 0.3) is 0 Å². The highest BCUT2D eigenvalue weighted by Crippen LogP contribution is 2.31. The van der Waals surface area contributed by atoms with Crippen LogP contribution in [0.1, 0.15) is 18.4 Å². The van der Waals surface area contributed by atoms with Crippen LogP contribution in [0.5, 0.6) is 0 Å². The third-order valence-electron chi connectivity index (χ3n) is 3.92. The summed E-state index contributed by atoms with van der Waals surface area (Å²) in [5.41, 5.74) is 1.10. The Morgan fingerprint density at radius 1 is 1.30 bits per heavy atom. The zero-order valence-electron chi connectivity index (χ0n) is 12.0. The number of anilines is 1. The monoisotopic (exact) mass is 292 g/mol. The quantitative estimate of drug-likeness (QED) is 0.625. The minimum Gasteiger partial charge on any atom is -0.353 e. The van der Waals surface area contributed by atoms with Gasteiger partial charge < -0.3 is 9.80 Å². The van der Waals surface area contributed by atoms with E-state index in [1.807, 2.05) is 24.3 Å². The molecule has 1 saturated carbocycles. The second kappa shape index (κ2) is 5.60. The van der Waals surface area contributed by atoms with Gasteiger partial charge >= 0.3 is 0 Å². The number of rotatable bonds is 3. The standard InChI is InChI=1S/C14H20N4OS/c1-10-9-15-14(20-2)16-12(10)17-5-7-18(8-6-17)13(19)11-3-4-11/h9,11H,3-8H2,1-2H3. The molecule has 3 rings (SSSR count). The maximum atomic E-state index is 12.0. The van der Waals surface area contributed by atoms with Gasteiger partial charge in [-0.2, -0.15) is 0 Å². The van der Waals surface area contributed by atoms with E-state index in [0.717, 1.165) is 55.6 Å². The van der Waals surface area contributed by atoms with Gasteiger partial charge in [0.05, 0.1) is 0 Å². The van der Waals surface area contributed by atoms with Crippen LogP contribution in [0.4, 0.5) is 5.82 Å². The molecule has 0 bridgehead atoms. The average molecular weight is 292 g/mol. The smallest absolute Gasteiger partial charge is 0.225 e. The molecule has 0 unspecified atom stereocenters. The summed E-state index contributed by atoms with van der Waals surface area (Å²) in [6.45, 7) is 5.40. The molecular formula is C14H20N4OS. The van der Waals surface area contributed by atoms with Crippen molar-refractivity contribution in [3.63, 3.8) is 0 Å². The Hall–Kier alpha value is -1.30. The van der Waals surface area contributed by atoms with Gasteiger partial charge in [0.25, 0.3) is 0 Å². The minimum atomic E-state index is 0.324. The lowest BCUT2D eigenvalue weighted by atomic mass is 10.2. The molecular weight excluding hydrogens is 272 g/mol. The molecule has 1 aliphatic heterocycles. The molecule has 1 amide bonds. The van der Waals surface area contributed by atoms with Gasteiger partial charge in [0, 0.05) is 43.9 Å². The first kappa shape index (κ1) is 13.7. The third-order valence-corrected chi connectivity index (χ3v) is 4.48. The summed E-state index contributed by atoms with van der Waals surface area (Å²) in [5, 5.41) is 0.807. The predicted octanol–water partition coefficient (Wildman–Crippen LogP) is 1.57. The van der Waals surface area contributed by atoms with Crippen LogP contribution in [0, 0.1) is 12.8 Å². The number of aromatic nitrogens is 2. The van der Waals surface area contributed by atoms with Crippen LogP contribution in [0.15, 0.2) is 11.4 Å². The van der Waals surface area contributed by atoms with Crippen molar-refractivity contribution in [1.29, 1.82) is 0 Å². The molecule has 1 aliphatic carbocycles. The number of aryl methyl sites for hydroxylation is 1. The van der Waals surface area contributed by atoms with Crippen LogP contribution in [0.2, 0.25) is 0 Å². The Labute approximate surface area is 123 Å². The van der Waals surface area contributed by atoms with Gasteiger partial charge in [-0.15, -0.1) is 0 Å². The molecule has 0 N–H and O–H groups in total. The zero-order valence-corrected chi connectivity index (χ0v) is 12.8. The molecule has 2 aliphatic rings. The molecule has 1 aromatic rings. The molecule has 5 nitrogen and oxygen atoms in total. The summed E-state index contributed by atoms with van der Waals surface area (Å²) in [7, 11) is 0. The van der Waals surface area contributed by atoms with Crippen molar-refractivity contribution in [2.45, 2.75) is 24.9 Å². The van der Waals surface area contributed by atoms with Gasteiger partial charge in [-0.3, -0.25) is 4.79 Å². The number of carbonyl (C=O) groups excluding carboxylic acids is 1. The summed E-state index contributed by atoms with van der Waals surface area (Å²) in [6, 6.07) is 0. The Morgan fingerprint density at radius 3 is 2.60 bits per heavy atom. The number of thioether (sulfide) groups is 1. The van der Waals surface area contributed by atoms with E-state index < -0.39 is 0 Å². The molecule has 2 fully saturated rings. The maximum Gasteiger partial charge on any atom is 0.225 e. The second-order valence-corrected chi connectivity index (χ2v) is 6.22. The first-order valence-electron chi connectivity index (χ1n) is 7.10. The van der Waals surface area contributed by atoms with Crippen LogP contribution >= 0.6 is 11.8 Å². The molecule has 0 atom stereocenters. The van der Waals surface area contributed by atoms with E-state index in [1.165, 1.54) is 0 Å². The van der Waals surface area contributed by atoms with E-state index in [9.17, 15) is 4.79 Å². The lowest BCUT2D eigenvalue weighted by molar-refractivity contribution is -0.132. The Kier molecular flexibility index (Phi) is 3.83. The fourth-order valence-electron chi connectivity index (χ4n) is 2.56. The molecule has 108 valence electrons. The molecule has 20 heavy (non-hydrogen) atoms. The van der Waals surface area contributed by atoms with E-state index in [-0.39, 0.29) is 0 Å². The van der Waals surface area contributed by atoms with E-state index >= 15 is 0 Å². The molecule has 0 spiro atoms. The average Bonchev–Trinajstić information content (AvgIpc) is 3.32. The lowest BCUT2D eigenvalue weighted by Crippen LogP contribution is -2.49. The highest BCUT2D eigenvalue weighted by Gasteiger charge is 2.34. The molecule has 0 aromatic carbocycles. The second-order valence-electron chi connectivity index (χ2n) is 5.45. The molecule has 1 aromatic heterocycles. The van der Waals surface area contributed by atoms with Gasteiger partial charge in [-0.1, -0.05) is 11.8 Å². The summed E-state index contributed by atoms with van der Waals surface area (Å²) < 4.78 is 0. The van der Waals surface area contributed by atoms with Crippen LogP contribution in [0.3, 0.4) is 0 Å². The Balaban J connectivity index is 1.66. The highest BCUT2D eigenvalue weighted by atomic mass is 32.2. The maximum absolute atomic E-state index is 12.0. The van der Waals surface area contributed by atoms with Crippen LogP contribution in [-0.2, 0) is 4.79 Å². The van der Waals surface area contributed by atoms with Gasteiger partial charge in [0.2, 0.25) is 5.91 Å². The first-order valence-corrected chi connectivity index (χ1v) is 8.33. The fraction of sp³-hybridized carbons (Fsp3) is 0.643. The lowest BCUT2D eigenvalue weighted by Gasteiger charge is -2.36. The summed E-state index contributed by atoms with van der Waals surface area (Å²) in [6.07, 6.45) is 6.04. The molecule has 6 heteroatoms. The van der Waals surface area contributed by atoms with Crippen LogP contribution in [-0.4, -0.2) is 53.2 Å². The first-order chi connectivity index (χ1) is 9.69. The molecule has 2 heterocycles. The SMILES string of the molecule is CSc1ncc(C)c(N2CCN(C(=O)C3CC3)CC2)n1. The minimum absolute atomic E-state index is 0.324. The molecule has 1 saturated heterocycles. The number of hydrogen-bond donors (Lipinski definition) is 0. The fourth-order valence-corrected chi connectivity index (χ4v) is 2.90. The normalized spacial score (nSPS) is 19.3. The largest absolute Gasteiger partial charge is 0.353 e. The summed E-state index contributed by atoms with van der Waals surface area (Å²) in [5.74, 6) is 1.70. The number of nitrogens with zero attached hydrogens (tertiary/aromatic N) is 4. The third kappa shape index (κ3) is 2.75. The number of carbonyl (C=O) groups is 1. The van der Waals surface area contributed by atoms with Crippen molar-refractivity contribution < 1.29 is 4.79 Å². The Morgan fingerprint density at radius 2 is 2.00 bits per heavy atom. The van der Waals surface area contributed by atoms with Crippen molar-refractivity contribution in [2.75, 3.05) is 37.3 Å². The van der Waals surface area contributed by atoms with Gasteiger partial charge in [-0.05, 0) is 26.0 Å².